The Kier molecular flexibility index (Phi) is 7.73. The average Bonchev–Trinajstić information content (AvgIpc) is 3.29. The van der Waals surface area contributed by atoms with E-state index in [1.807, 2.05) is 0 Å². The number of nitrogen functional groups attached to an aromatic ring is 1. The van der Waals surface area contributed by atoms with Gasteiger partial charge in [0.2, 0.25) is 6.54 Å². The van der Waals surface area contributed by atoms with Gasteiger partial charge in [-0.1, -0.05) is 5.16 Å². The summed E-state index contributed by atoms with van der Waals surface area (Å²) < 4.78 is 7.47. The molecule has 0 aromatic carbocycles. The number of thioether (sulfide) groups is 1. The van der Waals surface area contributed by atoms with E-state index < -0.39 is 29.9 Å². The predicted molar refractivity (Wildman–Crippen MR) is 131 cm³/mol. The van der Waals surface area contributed by atoms with Gasteiger partial charge in [0, 0.05) is 29.3 Å². The topological polar surface area (TPSA) is 177 Å². The molecule has 2 atom stereocenters. The Bertz CT molecular complexity index is 1310. The third-order valence-electron chi connectivity index (χ3n) is 5.44. The van der Waals surface area contributed by atoms with Crippen LogP contribution in [0.1, 0.15) is 12.6 Å². The molecule has 4 rings (SSSR count). The molecule has 4 N–H and O–H groups in total. The van der Waals surface area contributed by atoms with Crippen LogP contribution in [0.25, 0.3) is 0 Å². The van der Waals surface area contributed by atoms with E-state index in [9.17, 15) is 24.3 Å². The number of pyridine rings is 1. The molecule has 4 heterocycles. The van der Waals surface area contributed by atoms with Crippen molar-refractivity contribution in [3.63, 3.8) is 0 Å². The maximum Gasteiger partial charge on any atom is 0.356 e. The minimum absolute atomic E-state index is 0.00281. The van der Waals surface area contributed by atoms with Crippen molar-refractivity contribution in [1.29, 1.82) is 0 Å². The molecule has 0 radical (unpaired) electrons. The highest BCUT2D eigenvalue weighted by molar-refractivity contribution is 7.99. The van der Waals surface area contributed by atoms with Crippen LogP contribution < -0.4 is 15.6 Å². The van der Waals surface area contributed by atoms with Crippen LogP contribution in [0.15, 0.2) is 51.4 Å². The minimum Gasteiger partial charge on any atom is -0.492 e. The number of thiazole rings is 1. The van der Waals surface area contributed by atoms with Crippen molar-refractivity contribution in [2.75, 3.05) is 25.2 Å². The van der Waals surface area contributed by atoms with Crippen LogP contribution in [-0.2, 0) is 35.3 Å². The number of aromatic nitrogens is 2. The van der Waals surface area contributed by atoms with Gasteiger partial charge in [-0.2, -0.15) is 4.57 Å². The second kappa shape index (κ2) is 11.0. The van der Waals surface area contributed by atoms with Gasteiger partial charge in [-0.3, -0.25) is 19.3 Å². The van der Waals surface area contributed by atoms with Gasteiger partial charge in [-0.15, -0.1) is 23.1 Å². The fourth-order valence-electron chi connectivity index (χ4n) is 3.82. The molecule has 0 aliphatic carbocycles. The van der Waals surface area contributed by atoms with Crippen LogP contribution >= 0.6 is 23.1 Å². The summed E-state index contributed by atoms with van der Waals surface area (Å²) >= 11 is 2.44. The number of nitrogens with two attached hydrogens (primary N) is 1. The molecule has 0 saturated carbocycles. The van der Waals surface area contributed by atoms with E-state index in [0.29, 0.717) is 0 Å². The number of carboxylic acids is 1. The number of rotatable bonds is 10. The number of hydrogen-bond acceptors (Lipinski definition) is 11. The second-order valence-corrected chi connectivity index (χ2v) is 9.94. The van der Waals surface area contributed by atoms with Gasteiger partial charge >= 0.3 is 5.97 Å². The molecule has 37 heavy (non-hydrogen) atoms. The van der Waals surface area contributed by atoms with Gasteiger partial charge in [-0.25, -0.2) is 9.78 Å². The minimum atomic E-state index is -1.31. The van der Waals surface area contributed by atoms with E-state index >= 15 is 0 Å². The molecule has 0 bridgehead atoms. The Balaban J connectivity index is 1.45. The largest absolute Gasteiger partial charge is 0.492 e. The first-order chi connectivity index (χ1) is 17.7. The maximum absolute atomic E-state index is 12.9. The van der Waals surface area contributed by atoms with Crippen molar-refractivity contribution < 1.29 is 38.4 Å². The lowest BCUT2D eigenvalue weighted by atomic mass is 9.92. The molecular formula is C22H23N6O7S2+. The number of amides is 2. The van der Waals surface area contributed by atoms with Crippen molar-refractivity contribution in [3.8, 4) is 0 Å². The van der Waals surface area contributed by atoms with Crippen LogP contribution in [0.4, 0.5) is 5.13 Å². The molecule has 0 unspecified atom stereocenters. The molecular weight excluding hydrogens is 524 g/mol. The number of oxime groups is 1. The highest BCUT2D eigenvalue weighted by Crippen LogP contribution is 2.35. The van der Waals surface area contributed by atoms with E-state index in [4.69, 9.17) is 15.3 Å². The molecule has 194 valence electrons. The van der Waals surface area contributed by atoms with Crippen LogP contribution in [0.5, 0.6) is 0 Å². The van der Waals surface area contributed by atoms with Crippen LogP contribution in [-0.4, -0.2) is 75.8 Å². The number of Topliss-reactive ketones (excluding diaryl/α,β-unsaturated/α-hetero) is 1. The number of ketones is 1. The molecule has 1 fully saturated rings. The highest BCUT2D eigenvalue weighted by Gasteiger charge is 2.55. The molecule has 2 aromatic rings. The quantitative estimate of drug-likeness (QED) is 0.118. The number of β-lactam (4-membered cyclic amide) rings is 1. The van der Waals surface area contributed by atoms with Crippen LogP contribution in [0, 0.1) is 0 Å². The first kappa shape index (κ1) is 26.1. The summed E-state index contributed by atoms with van der Waals surface area (Å²) in [5.74, 6) is -2.28. The highest BCUT2D eigenvalue weighted by atomic mass is 32.2. The summed E-state index contributed by atoms with van der Waals surface area (Å²) in [6, 6.07) is 1.88. The lowest BCUT2D eigenvalue weighted by Gasteiger charge is -2.49. The number of aliphatic carboxylic acids is 1. The Morgan fingerprint density at radius 1 is 1.41 bits per heavy atom. The molecule has 2 aliphatic rings. The fourth-order valence-corrected chi connectivity index (χ4v) is 5.20. The molecule has 0 spiro atoms. The number of carbonyl (C=O) groups excluding carboxylic acids is 3. The van der Waals surface area contributed by atoms with Gasteiger partial charge in [0.25, 0.3) is 11.8 Å². The van der Waals surface area contributed by atoms with Crippen LogP contribution in [0.3, 0.4) is 0 Å². The summed E-state index contributed by atoms with van der Waals surface area (Å²) in [4.78, 5) is 59.8. The maximum atomic E-state index is 12.9. The monoisotopic (exact) mass is 547 g/mol. The van der Waals surface area contributed by atoms with E-state index in [2.05, 4.69) is 15.5 Å². The predicted octanol–water partition coefficient (Wildman–Crippen LogP) is -0.233. The number of fused-ring (bicyclic) bond motifs is 1. The van der Waals surface area contributed by atoms with Crippen molar-refractivity contribution in [2.45, 2.75) is 30.4 Å². The Labute approximate surface area is 218 Å². The number of ether oxygens (including phenoxy) is 1. The lowest BCUT2D eigenvalue weighted by molar-refractivity contribution is -0.684. The number of anilines is 1. The van der Waals surface area contributed by atoms with Gasteiger partial charge in [-0.05, 0) is 0 Å². The zero-order valence-corrected chi connectivity index (χ0v) is 21.4. The zero-order valence-electron chi connectivity index (χ0n) is 19.7. The van der Waals surface area contributed by atoms with E-state index in [1.54, 1.807) is 29.1 Å². The van der Waals surface area contributed by atoms with E-state index in [-0.39, 0.29) is 52.7 Å². The lowest BCUT2D eigenvalue weighted by Crippen LogP contribution is -2.73. The van der Waals surface area contributed by atoms with Crippen molar-refractivity contribution >= 4 is 57.5 Å². The Morgan fingerprint density at radius 2 is 2.14 bits per heavy atom. The smallest absolute Gasteiger partial charge is 0.356 e. The Morgan fingerprint density at radius 3 is 2.73 bits per heavy atom. The zero-order chi connectivity index (χ0) is 26.7. The van der Waals surface area contributed by atoms with Crippen molar-refractivity contribution in [1.82, 2.24) is 15.2 Å². The fraction of sp³-hybridized carbons (Fsp3) is 0.318. The first-order valence-electron chi connectivity index (χ1n) is 10.9. The van der Waals surface area contributed by atoms with E-state index in [0.717, 1.165) is 21.1 Å². The van der Waals surface area contributed by atoms with Gasteiger partial charge in [0.05, 0.1) is 5.75 Å². The summed E-state index contributed by atoms with van der Waals surface area (Å²) in [5, 5.41) is 17.8. The normalized spacial score (nSPS) is 19.0. The van der Waals surface area contributed by atoms with Crippen molar-refractivity contribution in [3.05, 3.63) is 47.1 Å². The summed E-state index contributed by atoms with van der Waals surface area (Å²) in [6.45, 7) is 1.76. The number of nitrogens with zero attached hydrogens (tertiary/aromatic N) is 4. The van der Waals surface area contributed by atoms with E-state index in [1.165, 1.54) is 31.2 Å². The Hall–Kier alpha value is -3.98. The molecule has 2 amide bonds. The third kappa shape index (κ3) is 5.56. The van der Waals surface area contributed by atoms with Crippen LogP contribution in [0.2, 0.25) is 0 Å². The summed E-state index contributed by atoms with van der Waals surface area (Å²) in [6.07, 6.45) is 3.50. The van der Waals surface area contributed by atoms with Gasteiger partial charge in [0.1, 0.15) is 37.3 Å². The number of nitrogens with one attached hydrogen (secondary N) is 1. The number of carbonyl (C=O) groups is 4. The summed E-state index contributed by atoms with van der Waals surface area (Å²) in [7, 11) is 1.26. The second-order valence-electron chi connectivity index (χ2n) is 8.00. The first-order valence-corrected chi connectivity index (χ1v) is 12.7. The number of hydrogen-bond donors (Lipinski definition) is 3. The van der Waals surface area contributed by atoms with Gasteiger partial charge in [0.15, 0.2) is 34.7 Å². The number of carboxylic acid groups (broad SMARTS) is 1. The molecule has 1 saturated heterocycles. The van der Waals surface area contributed by atoms with Gasteiger partial charge < -0.3 is 25.7 Å². The average molecular weight is 548 g/mol. The van der Waals surface area contributed by atoms with Crippen molar-refractivity contribution in [2.24, 2.45) is 5.16 Å². The molecule has 15 heteroatoms. The molecule has 2 aromatic heterocycles. The standard InChI is InChI=1S/C22H22N6O7S2/c1-11(29)7-27-5-3-12(4-6-27)36-10-15-18(21(32)33)28-14(8-35-15)17(20(28)31)25-19(30)16(26-34-2)13-9-37-22(23)24-13/h3-6,9,14,17H,7-8,10H2,1-2H3,(H3-,23,24,25,30,32,33)/p+1/b26-16+/t14-,17+/m1/s1. The SMILES string of the molecule is CO/N=C(/C(=O)N[C@@H]1C(=O)N2C(C(=O)O)=C(CSc3cc[n+](CC(C)=O)cc3)OC[C@H]12)c1csc(N)n1. The molecule has 13 nitrogen and oxygen atoms in total. The third-order valence-corrected chi connectivity index (χ3v) is 7.13. The molecule has 2 aliphatic heterocycles. The summed E-state index contributed by atoms with van der Waals surface area (Å²) in [5.41, 5.74) is 5.38.